The molecule has 1 aliphatic rings. The van der Waals surface area contributed by atoms with Crippen LogP contribution in [-0.4, -0.2) is 66.6 Å². The number of likely N-dealkylation sites (N-methyl/N-ethyl adjacent to an activating group) is 1. The summed E-state index contributed by atoms with van der Waals surface area (Å²) in [5, 5.41) is 11.4. The summed E-state index contributed by atoms with van der Waals surface area (Å²) in [5.41, 5.74) is 4.35. The average molecular weight is 385 g/mol. The maximum Gasteiger partial charge on any atom is 0.191 e. The highest BCUT2D eigenvalue weighted by Crippen LogP contribution is 2.17. The quantitative estimate of drug-likeness (QED) is 0.588. The van der Waals surface area contributed by atoms with Crippen molar-refractivity contribution in [2.24, 2.45) is 4.99 Å². The van der Waals surface area contributed by atoms with Crippen molar-refractivity contribution < 1.29 is 4.74 Å². The zero-order chi connectivity index (χ0) is 19.9. The van der Waals surface area contributed by atoms with E-state index in [1.165, 1.54) is 0 Å². The molecule has 152 valence electrons. The molecule has 2 N–H and O–H groups in total. The molecule has 0 saturated carbocycles. The number of rotatable bonds is 6. The summed E-state index contributed by atoms with van der Waals surface area (Å²) in [6.07, 6.45) is 0.185. The van der Waals surface area contributed by atoms with Gasteiger partial charge in [-0.25, -0.2) is 9.67 Å². The van der Waals surface area contributed by atoms with Crippen LogP contribution in [0, 0.1) is 13.8 Å². The zero-order valence-corrected chi connectivity index (χ0v) is 17.4. The summed E-state index contributed by atoms with van der Waals surface area (Å²) in [5.74, 6) is 0.808. The van der Waals surface area contributed by atoms with Crippen LogP contribution < -0.4 is 10.6 Å². The highest BCUT2D eigenvalue weighted by Gasteiger charge is 2.17. The molecular weight excluding hydrogens is 352 g/mol. The normalized spacial score (nSPS) is 18.3. The number of nitrogens with zero attached hydrogens (tertiary/aromatic N) is 4. The molecule has 0 bridgehead atoms. The number of guanidine groups is 1. The van der Waals surface area contributed by atoms with Crippen molar-refractivity contribution >= 4 is 5.96 Å². The molecule has 1 aliphatic heterocycles. The van der Waals surface area contributed by atoms with Crippen LogP contribution in [0.15, 0.2) is 35.3 Å². The lowest BCUT2D eigenvalue weighted by molar-refractivity contribution is -0.0161. The minimum absolute atomic E-state index is 0.185. The van der Waals surface area contributed by atoms with Crippen molar-refractivity contribution in [2.75, 3.05) is 39.8 Å². The Morgan fingerprint density at radius 1 is 1.29 bits per heavy atom. The molecule has 1 saturated heterocycles. The number of morpholine rings is 1. The maximum atomic E-state index is 5.83. The van der Waals surface area contributed by atoms with Crippen LogP contribution >= 0.6 is 0 Å². The van der Waals surface area contributed by atoms with E-state index in [9.17, 15) is 0 Å². The number of hydrogen-bond acceptors (Lipinski definition) is 4. The summed E-state index contributed by atoms with van der Waals surface area (Å²) in [6, 6.07) is 10.4. The standard InChI is InChI=1S/C21H32N6O/c1-5-22-21(24-14-19-15-26(4)10-11-28-19)23-13-18-8-6-7-9-20(18)27-17(3)12-16(2)25-27/h6-9,12,19H,5,10-11,13-15H2,1-4H3,(H2,22,23,24). The predicted molar refractivity (Wildman–Crippen MR) is 113 cm³/mol. The SMILES string of the molecule is CCNC(=NCc1ccccc1-n1nc(C)cc1C)NCC1CN(C)CCO1. The first-order valence-electron chi connectivity index (χ1n) is 10.0. The third kappa shape index (κ3) is 5.33. The van der Waals surface area contributed by atoms with Crippen LogP contribution in [0.1, 0.15) is 23.9 Å². The minimum atomic E-state index is 0.185. The third-order valence-corrected chi connectivity index (χ3v) is 4.82. The van der Waals surface area contributed by atoms with Crippen LogP contribution in [-0.2, 0) is 11.3 Å². The number of aryl methyl sites for hydroxylation is 2. The second-order valence-electron chi connectivity index (χ2n) is 7.30. The predicted octanol–water partition coefficient (Wildman–Crippen LogP) is 1.87. The highest BCUT2D eigenvalue weighted by molar-refractivity contribution is 5.79. The van der Waals surface area contributed by atoms with E-state index in [-0.39, 0.29) is 6.10 Å². The topological polar surface area (TPSA) is 66.7 Å². The molecule has 0 spiro atoms. The molecule has 2 aromatic rings. The molecule has 0 radical (unpaired) electrons. The third-order valence-electron chi connectivity index (χ3n) is 4.82. The highest BCUT2D eigenvalue weighted by atomic mass is 16.5. The van der Waals surface area contributed by atoms with Gasteiger partial charge in [-0.15, -0.1) is 0 Å². The van der Waals surface area contributed by atoms with Crippen LogP contribution in [0.2, 0.25) is 0 Å². The van der Waals surface area contributed by atoms with E-state index in [0.29, 0.717) is 6.54 Å². The Balaban J connectivity index is 1.70. The number of ether oxygens (including phenoxy) is 1. The summed E-state index contributed by atoms with van der Waals surface area (Å²) >= 11 is 0. The Kier molecular flexibility index (Phi) is 7.06. The van der Waals surface area contributed by atoms with E-state index < -0.39 is 0 Å². The van der Waals surface area contributed by atoms with Crippen molar-refractivity contribution in [3.05, 3.63) is 47.3 Å². The molecular formula is C21H32N6O. The molecule has 1 aromatic heterocycles. The molecule has 2 heterocycles. The van der Waals surface area contributed by atoms with Crippen molar-refractivity contribution in [2.45, 2.75) is 33.4 Å². The second kappa shape index (κ2) is 9.71. The van der Waals surface area contributed by atoms with Crippen molar-refractivity contribution in [3.63, 3.8) is 0 Å². The molecule has 7 nitrogen and oxygen atoms in total. The summed E-state index contributed by atoms with van der Waals surface area (Å²) in [7, 11) is 2.13. The first-order valence-corrected chi connectivity index (χ1v) is 10.0. The molecule has 1 fully saturated rings. The molecule has 3 rings (SSSR count). The summed E-state index contributed by atoms with van der Waals surface area (Å²) in [4.78, 5) is 7.09. The Morgan fingerprint density at radius 2 is 2.11 bits per heavy atom. The Morgan fingerprint density at radius 3 is 2.82 bits per heavy atom. The Labute approximate surface area is 167 Å². The van der Waals surface area contributed by atoms with Crippen LogP contribution in [0.4, 0.5) is 0 Å². The lowest BCUT2D eigenvalue weighted by Crippen LogP contribution is -2.48. The van der Waals surface area contributed by atoms with E-state index in [4.69, 9.17) is 9.73 Å². The number of benzene rings is 1. The first kappa shape index (κ1) is 20.4. The number of hydrogen-bond donors (Lipinski definition) is 2. The van der Waals surface area contributed by atoms with Crippen molar-refractivity contribution in [1.29, 1.82) is 0 Å². The lowest BCUT2D eigenvalue weighted by Gasteiger charge is -2.30. The van der Waals surface area contributed by atoms with Gasteiger partial charge in [-0.3, -0.25) is 0 Å². The van der Waals surface area contributed by atoms with Gasteiger partial charge in [-0.05, 0) is 45.5 Å². The van der Waals surface area contributed by atoms with Gasteiger partial charge in [0.05, 0.1) is 30.6 Å². The van der Waals surface area contributed by atoms with E-state index in [1.54, 1.807) is 0 Å². The van der Waals surface area contributed by atoms with Gasteiger partial charge < -0.3 is 20.3 Å². The molecule has 28 heavy (non-hydrogen) atoms. The van der Waals surface area contributed by atoms with Gasteiger partial charge in [-0.2, -0.15) is 5.10 Å². The fraction of sp³-hybridized carbons (Fsp3) is 0.524. The van der Waals surface area contributed by atoms with Gasteiger partial charge in [-0.1, -0.05) is 18.2 Å². The van der Waals surface area contributed by atoms with Crippen LogP contribution in [0.25, 0.3) is 5.69 Å². The monoisotopic (exact) mass is 384 g/mol. The lowest BCUT2D eigenvalue weighted by atomic mass is 10.2. The van der Waals surface area contributed by atoms with Gasteiger partial charge in [0.2, 0.25) is 0 Å². The maximum absolute atomic E-state index is 5.83. The van der Waals surface area contributed by atoms with Gasteiger partial charge in [0.15, 0.2) is 5.96 Å². The second-order valence-corrected chi connectivity index (χ2v) is 7.30. The van der Waals surface area contributed by atoms with Crippen molar-refractivity contribution in [1.82, 2.24) is 25.3 Å². The number of aliphatic imine (C=N–C) groups is 1. The fourth-order valence-electron chi connectivity index (χ4n) is 3.43. The number of nitrogens with one attached hydrogen (secondary N) is 2. The smallest absolute Gasteiger partial charge is 0.191 e. The number of para-hydroxylation sites is 1. The molecule has 7 heteroatoms. The van der Waals surface area contributed by atoms with E-state index in [1.807, 2.05) is 23.7 Å². The molecule has 0 amide bonds. The van der Waals surface area contributed by atoms with Gasteiger partial charge in [0.1, 0.15) is 0 Å². The minimum Gasteiger partial charge on any atom is -0.374 e. The summed E-state index contributed by atoms with van der Waals surface area (Å²) < 4.78 is 7.83. The molecule has 0 aliphatic carbocycles. The average Bonchev–Trinajstić information content (AvgIpc) is 3.02. The van der Waals surface area contributed by atoms with E-state index >= 15 is 0 Å². The van der Waals surface area contributed by atoms with E-state index in [2.05, 4.69) is 59.7 Å². The van der Waals surface area contributed by atoms with Crippen LogP contribution in [0.5, 0.6) is 0 Å². The van der Waals surface area contributed by atoms with Gasteiger partial charge >= 0.3 is 0 Å². The van der Waals surface area contributed by atoms with Gasteiger partial charge in [0, 0.05) is 31.9 Å². The zero-order valence-electron chi connectivity index (χ0n) is 17.4. The van der Waals surface area contributed by atoms with E-state index in [0.717, 1.165) is 61.4 Å². The molecule has 1 aromatic carbocycles. The van der Waals surface area contributed by atoms with Crippen LogP contribution in [0.3, 0.4) is 0 Å². The first-order chi connectivity index (χ1) is 13.6. The Hall–Kier alpha value is -2.38. The molecule has 1 atom stereocenters. The fourth-order valence-corrected chi connectivity index (χ4v) is 3.43. The number of aromatic nitrogens is 2. The summed E-state index contributed by atoms with van der Waals surface area (Å²) in [6.45, 7) is 11.0. The van der Waals surface area contributed by atoms with Gasteiger partial charge in [0.25, 0.3) is 0 Å². The molecule has 1 unspecified atom stereocenters. The Bertz CT molecular complexity index is 800. The van der Waals surface area contributed by atoms with Crippen molar-refractivity contribution in [3.8, 4) is 5.69 Å². The largest absolute Gasteiger partial charge is 0.374 e.